The largest absolute Gasteiger partial charge is 0.310 e. The topological polar surface area (TPSA) is 3.24 Å². The summed E-state index contributed by atoms with van der Waals surface area (Å²) in [5.41, 5.74) is 18.2. The van der Waals surface area contributed by atoms with Crippen molar-refractivity contribution in [2.45, 2.75) is 45.4 Å². The zero-order chi connectivity index (χ0) is 32.8. The molecule has 48 heavy (non-hydrogen) atoms. The fourth-order valence-corrected chi connectivity index (χ4v) is 8.67. The molecule has 0 spiro atoms. The maximum Gasteiger partial charge on any atom is 0.0468 e. The molecule has 0 radical (unpaired) electrons. The summed E-state index contributed by atoms with van der Waals surface area (Å²) in [6, 6.07) is 54.2. The number of hydrogen-bond acceptors (Lipinski definition) is 1. The molecular formula is C47H39N. The maximum absolute atomic E-state index is 2.47. The Hall–Kier alpha value is -5.40. The molecule has 0 aliphatic heterocycles. The van der Waals surface area contributed by atoms with Crippen LogP contribution in [0.15, 0.2) is 146 Å². The van der Waals surface area contributed by atoms with Gasteiger partial charge in [-0.15, -0.1) is 0 Å². The minimum Gasteiger partial charge on any atom is -0.310 e. The summed E-state index contributed by atoms with van der Waals surface area (Å²) < 4.78 is 0. The minimum absolute atomic E-state index is 0.0805. The highest BCUT2D eigenvalue weighted by Crippen LogP contribution is 2.54. The second kappa shape index (κ2) is 10.3. The molecule has 0 saturated carbocycles. The van der Waals surface area contributed by atoms with Gasteiger partial charge in [-0.1, -0.05) is 137 Å². The summed E-state index contributed by atoms with van der Waals surface area (Å²) in [7, 11) is 0. The summed E-state index contributed by atoms with van der Waals surface area (Å²) >= 11 is 0. The molecule has 2 aliphatic rings. The quantitative estimate of drug-likeness (QED) is 0.190. The second-order valence-corrected chi connectivity index (χ2v) is 14.6. The molecule has 0 N–H and O–H groups in total. The Morgan fingerprint density at radius 2 is 0.958 bits per heavy atom. The van der Waals surface area contributed by atoms with Gasteiger partial charge in [-0.3, -0.25) is 0 Å². The molecule has 7 aromatic carbocycles. The Kier molecular flexibility index (Phi) is 6.18. The van der Waals surface area contributed by atoms with Crippen molar-refractivity contribution in [2.24, 2.45) is 0 Å². The molecule has 232 valence electrons. The standard InChI is InChI=1S/C47H39N/c1-30-37(32-14-7-6-8-15-32)24-26-43-45(30)40-28-35(22-25-42(40)46(43,2)3)48(34-20-19-31-13-9-10-16-33(31)27-34)36-21-23-39-38-17-11-12-18-41(38)47(4,5)44(39)29-36/h6-29H,1-5H3. The number of nitrogens with zero attached hydrogens (tertiary/aromatic N) is 1. The number of anilines is 3. The zero-order valence-corrected chi connectivity index (χ0v) is 28.3. The van der Waals surface area contributed by atoms with Gasteiger partial charge in [0, 0.05) is 27.9 Å². The third-order valence-corrected chi connectivity index (χ3v) is 11.2. The first kappa shape index (κ1) is 28.8. The van der Waals surface area contributed by atoms with E-state index in [2.05, 4.69) is 185 Å². The third-order valence-electron chi connectivity index (χ3n) is 11.2. The van der Waals surface area contributed by atoms with E-state index < -0.39 is 0 Å². The van der Waals surface area contributed by atoms with Crippen LogP contribution in [-0.4, -0.2) is 0 Å². The molecule has 0 aromatic heterocycles. The molecule has 1 nitrogen and oxygen atoms in total. The molecule has 0 atom stereocenters. The summed E-state index contributed by atoms with van der Waals surface area (Å²) in [6.07, 6.45) is 0. The maximum atomic E-state index is 2.47. The Morgan fingerprint density at radius 1 is 0.396 bits per heavy atom. The lowest BCUT2D eigenvalue weighted by atomic mass is 9.81. The van der Waals surface area contributed by atoms with Gasteiger partial charge in [0.15, 0.2) is 0 Å². The van der Waals surface area contributed by atoms with Crippen LogP contribution in [0, 0.1) is 6.92 Å². The van der Waals surface area contributed by atoms with Crippen LogP contribution in [0.4, 0.5) is 17.1 Å². The summed E-state index contributed by atoms with van der Waals surface area (Å²) in [5.74, 6) is 0. The van der Waals surface area contributed by atoms with Gasteiger partial charge in [0.1, 0.15) is 0 Å². The van der Waals surface area contributed by atoms with E-state index in [0.717, 1.165) is 5.69 Å². The molecule has 0 bridgehead atoms. The Morgan fingerprint density at radius 3 is 1.79 bits per heavy atom. The molecule has 0 heterocycles. The van der Waals surface area contributed by atoms with E-state index in [9.17, 15) is 0 Å². The van der Waals surface area contributed by atoms with Gasteiger partial charge in [-0.25, -0.2) is 0 Å². The Balaban J connectivity index is 1.26. The van der Waals surface area contributed by atoms with E-state index >= 15 is 0 Å². The van der Waals surface area contributed by atoms with Crippen LogP contribution in [0.5, 0.6) is 0 Å². The Labute approximate surface area is 284 Å². The van der Waals surface area contributed by atoms with Crippen LogP contribution in [0.25, 0.3) is 44.2 Å². The highest BCUT2D eigenvalue weighted by molar-refractivity contribution is 5.94. The van der Waals surface area contributed by atoms with E-state index in [0.29, 0.717) is 0 Å². The molecule has 0 saturated heterocycles. The fraction of sp³-hybridized carbons (Fsp3) is 0.149. The normalized spacial score (nSPS) is 14.7. The van der Waals surface area contributed by atoms with E-state index in [-0.39, 0.29) is 10.8 Å². The first-order chi connectivity index (χ1) is 23.2. The fourth-order valence-electron chi connectivity index (χ4n) is 8.67. The van der Waals surface area contributed by atoms with Crippen LogP contribution >= 0.6 is 0 Å². The van der Waals surface area contributed by atoms with Crippen molar-refractivity contribution >= 4 is 27.8 Å². The van der Waals surface area contributed by atoms with Gasteiger partial charge in [0.2, 0.25) is 0 Å². The molecule has 1 heteroatoms. The van der Waals surface area contributed by atoms with Gasteiger partial charge in [-0.2, -0.15) is 0 Å². The van der Waals surface area contributed by atoms with Crippen LogP contribution in [0.2, 0.25) is 0 Å². The predicted molar refractivity (Wildman–Crippen MR) is 204 cm³/mol. The molecule has 7 aromatic rings. The van der Waals surface area contributed by atoms with Crippen LogP contribution in [0.1, 0.15) is 55.5 Å². The van der Waals surface area contributed by atoms with Crippen molar-refractivity contribution in [3.05, 3.63) is 173 Å². The van der Waals surface area contributed by atoms with Crippen molar-refractivity contribution in [3.8, 4) is 33.4 Å². The molecular weight excluding hydrogens is 579 g/mol. The highest BCUT2D eigenvalue weighted by atomic mass is 15.1. The molecule has 0 unspecified atom stereocenters. The first-order valence-corrected chi connectivity index (χ1v) is 17.1. The SMILES string of the molecule is Cc1c(-c2ccccc2)ccc2c1-c1cc(N(c3ccc4c(c3)C(C)(C)c3ccccc3-4)c3ccc4ccccc4c3)ccc1C2(C)C. The summed E-state index contributed by atoms with van der Waals surface area (Å²) in [4.78, 5) is 2.47. The van der Waals surface area contributed by atoms with Gasteiger partial charge in [0.25, 0.3) is 0 Å². The van der Waals surface area contributed by atoms with Crippen molar-refractivity contribution in [3.63, 3.8) is 0 Å². The zero-order valence-electron chi connectivity index (χ0n) is 28.3. The number of benzene rings is 7. The van der Waals surface area contributed by atoms with E-state index in [1.807, 2.05) is 0 Å². The monoisotopic (exact) mass is 617 g/mol. The van der Waals surface area contributed by atoms with Crippen molar-refractivity contribution in [1.29, 1.82) is 0 Å². The molecule has 0 fully saturated rings. The number of rotatable bonds is 4. The van der Waals surface area contributed by atoms with Gasteiger partial charge < -0.3 is 4.90 Å². The highest BCUT2D eigenvalue weighted by Gasteiger charge is 2.38. The van der Waals surface area contributed by atoms with Crippen LogP contribution in [0.3, 0.4) is 0 Å². The van der Waals surface area contributed by atoms with Gasteiger partial charge in [0.05, 0.1) is 0 Å². The molecule has 9 rings (SSSR count). The van der Waals surface area contributed by atoms with Gasteiger partial charge >= 0.3 is 0 Å². The average Bonchev–Trinajstić information content (AvgIpc) is 3.48. The van der Waals surface area contributed by atoms with Crippen molar-refractivity contribution in [2.75, 3.05) is 4.90 Å². The number of hydrogen-bond donors (Lipinski definition) is 0. The summed E-state index contributed by atoms with van der Waals surface area (Å²) in [5, 5.41) is 2.49. The van der Waals surface area contributed by atoms with Crippen molar-refractivity contribution < 1.29 is 0 Å². The average molecular weight is 618 g/mol. The lowest BCUT2D eigenvalue weighted by Crippen LogP contribution is -2.17. The van der Waals surface area contributed by atoms with Gasteiger partial charge in [-0.05, 0) is 115 Å². The first-order valence-electron chi connectivity index (χ1n) is 17.1. The van der Waals surface area contributed by atoms with E-state index in [4.69, 9.17) is 0 Å². The van der Waals surface area contributed by atoms with Crippen LogP contribution in [-0.2, 0) is 10.8 Å². The smallest absolute Gasteiger partial charge is 0.0468 e. The Bertz CT molecular complexity index is 2410. The van der Waals surface area contributed by atoms with E-state index in [1.54, 1.807) is 0 Å². The molecule has 2 aliphatic carbocycles. The van der Waals surface area contributed by atoms with Crippen LogP contribution < -0.4 is 4.90 Å². The number of fused-ring (bicyclic) bond motifs is 7. The lowest BCUT2D eigenvalue weighted by Gasteiger charge is -2.29. The van der Waals surface area contributed by atoms with E-state index in [1.165, 1.54) is 83.3 Å². The summed E-state index contributed by atoms with van der Waals surface area (Å²) in [6.45, 7) is 11.8. The molecule has 0 amide bonds. The third kappa shape index (κ3) is 4.10. The minimum atomic E-state index is -0.0830. The van der Waals surface area contributed by atoms with Crippen molar-refractivity contribution in [1.82, 2.24) is 0 Å². The predicted octanol–water partition coefficient (Wildman–Crippen LogP) is 12.9. The lowest BCUT2D eigenvalue weighted by molar-refractivity contribution is 0.660. The second-order valence-electron chi connectivity index (χ2n) is 14.6.